The van der Waals surface area contributed by atoms with Gasteiger partial charge in [-0.2, -0.15) is 0 Å². The van der Waals surface area contributed by atoms with Gasteiger partial charge in [0.25, 0.3) is 5.56 Å². The molecular weight excluding hydrogens is 473 g/mol. The molecule has 162 valence electrons. The molecule has 0 unspecified atom stereocenters. The number of fused-ring (bicyclic) bond motifs is 3. The summed E-state index contributed by atoms with van der Waals surface area (Å²) in [6, 6.07) is 5.07. The number of hydrogen-bond donors (Lipinski definition) is 1. The van der Waals surface area contributed by atoms with Crippen molar-refractivity contribution in [1.29, 1.82) is 0 Å². The number of thioether (sulfide) groups is 1. The maximum absolute atomic E-state index is 13.3. The van der Waals surface area contributed by atoms with Crippen molar-refractivity contribution in [3.63, 3.8) is 0 Å². The number of carbonyl (C=O) groups is 1. The summed E-state index contributed by atoms with van der Waals surface area (Å²) in [5.74, 6) is -0.251. The predicted molar refractivity (Wildman–Crippen MR) is 131 cm³/mol. The Morgan fingerprint density at radius 2 is 2.16 bits per heavy atom. The van der Waals surface area contributed by atoms with Crippen LogP contribution in [0.25, 0.3) is 10.2 Å². The summed E-state index contributed by atoms with van der Waals surface area (Å²) in [4.78, 5) is 32.9. The smallest absolute Gasteiger partial charge is 0.263 e. The number of rotatable bonds is 6. The fraction of sp³-hybridized carbons (Fsp3) is 0.318. The number of hydrogen-bond acceptors (Lipinski definition) is 5. The fourth-order valence-electron chi connectivity index (χ4n) is 3.65. The highest BCUT2D eigenvalue weighted by molar-refractivity contribution is 8.00. The van der Waals surface area contributed by atoms with Crippen LogP contribution in [0.3, 0.4) is 0 Å². The minimum Gasteiger partial charge on any atom is -0.324 e. The predicted octanol–water partition coefficient (Wildman–Crippen LogP) is 5.95. The highest BCUT2D eigenvalue weighted by atomic mass is 35.5. The van der Waals surface area contributed by atoms with E-state index >= 15 is 0 Å². The van der Waals surface area contributed by atoms with Crippen LogP contribution < -0.4 is 10.9 Å². The van der Waals surface area contributed by atoms with E-state index in [0.717, 1.165) is 41.5 Å². The molecule has 1 amide bonds. The lowest BCUT2D eigenvalue weighted by atomic mass is 9.97. The first-order valence-electron chi connectivity index (χ1n) is 9.98. The van der Waals surface area contributed by atoms with Crippen LogP contribution in [0.15, 0.2) is 40.8 Å². The zero-order valence-corrected chi connectivity index (χ0v) is 20.1. The second-order valence-electron chi connectivity index (χ2n) is 7.34. The summed E-state index contributed by atoms with van der Waals surface area (Å²) < 4.78 is 1.61. The lowest BCUT2D eigenvalue weighted by Crippen LogP contribution is -2.27. The third kappa shape index (κ3) is 4.42. The Labute approximate surface area is 198 Å². The molecule has 1 N–H and O–H groups in total. The van der Waals surface area contributed by atoms with Gasteiger partial charge in [0.15, 0.2) is 5.16 Å². The van der Waals surface area contributed by atoms with Gasteiger partial charge in [-0.25, -0.2) is 4.98 Å². The van der Waals surface area contributed by atoms with Crippen molar-refractivity contribution >= 4 is 68.1 Å². The van der Waals surface area contributed by atoms with E-state index in [1.165, 1.54) is 16.6 Å². The molecule has 0 bridgehead atoms. The first-order valence-corrected chi connectivity index (χ1v) is 12.4. The molecule has 4 rings (SSSR count). The van der Waals surface area contributed by atoms with Crippen LogP contribution in [0.1, 0.15) is 30.2 Å². The standard InChI is InChI=1S/C22H21Cl2N3O2S2/c1-3-11-27-21(29)17-13-7-4-5-10-16(13)31-20(17)26-22(27)30-12(2)19(28)25-15-9-6-8-14(23)18(15)24/h3,6,8-9,12H,1,4-5,7,10-11H2,2H3,(H,25,28)/t12-/m1/s1. The molecule has 9 heteroatoms. The van der Waals surface area contributed by atoms with Crippen molar-refractivity contribution in [1.82, 2.24) is 9.55 Å². The molecular formula is C22H21Cl2N3O2S2. The SMILES string of the molecule is C=CCn1c(S[C@H](C)C(=O)Nc2cccc(Cl)c2Cl)nc2sc3c(c2c1=O)CCCC3. The van der Waals surface area contributed by atoms with Crippen molar-refractivity contribution in [2.24, 2.45) is 0 Å². The monoisotopic (exact) mass is 493 g/mol. The molecule has 0 aliphatic heterocycles. The van der Waals surface area contributed by atoms with Crippen molar-refractivity contribution in [3.8, 4) is 0 Å². The molecule has 1 aliphatic carbocycles. The summed E-state index contributed by atoms with van der Waals surface area (Å²) in [5.41, 5.74) is 1.54. The van der Waals surface area contributed by atoms with Gasteiger partial charge in [0.05, 0.1) is 26.4 Å². The van der Waals surface area contributed by atoms with Gasteiger partial charge in [-0.3, -0.25) is 14.2 Å². The molecule has 2 aromatic heterocycles. The quantitative estimate of drug-likeness (QED) is 0.261. The Morgan fingerprint density at radius 1 is 1.39 bits per heavy atom. The molecule has 2 heterocycles. The van der Waals surface area contributed by atoms with Crippen LogP contribution >= 0.6 is 46.3 Å². The highest BCUT2D eigenvalue weighted by Gasteiger charge is 2.24. The number of allylic oxidation sites excluding steroid dienone is 1. The van der Waals surface area contributed by atoms with E-state index in [1.807, 2.05) is 0 Å². The zero-order valence-electron chi connectivity index (χ0n) is 16.9. The third-order valence-electron chi connectivity index (χ3n) is 5.21. The number of aromatic nitrogens is 2. The molecule has 0 radical (unpaired) electrons. The van der Waals surface area contributed by atoms with Crippen LogP contribution in [0.2, 0.25) is 10.0 Å². The average molecular weight is 494 g/mol. The van der Waals surface area contributed by atoms with Gasteiger partial charge in [0.1, 0.15) is 4.83 Å². The maximum atomic E-state index is 13.3. The van der Waals surface area contributed by atoms with Crippen LogP contribution in [0.4, 0.5) is 5.69 Å². The fourth-order valence-corrected chi connectivity index (χ4v) is 6.21. The van der Waals surface area contributed by atoms with Gasteiger partial charge in [-0.1, -0.05) is 47.1 Å². The number of nitrogens with one attached hydrogen (secondary N) is 1. The topological polar surface area (TPSA) is 64.0 Å². The van der Waals surface area contributed by atoms with Crippen LogP contribution in [0.5, 0.6) is 0 Å². The molecule has 0 spiro atoms. The molecule has 1 atom stereocenters. The summed E-state index contributed by atoms with van der Waals surface area (Å²) in [5, 5.41) is 4.20. The first kappa shape index (κ1) is 22.4. The largest absolute Gasteiger partial charge is 0.324 e. The number of amides is 1. The molecule has 0 saturated heterocycles. The molecule has 1 aromatic carbocycles. The lowest BCUT2D eigenvalue weighted by Gasteiger charge is -2.16. The van der Waals surface area contributed by atoms with E-state index in [0.29, 0.717) is 27.4 Å². The summed E-state index contributed by atoms with van der Waals surface area (Å²) in [6.07, 6.45) is 5.84. The van der Waals surface area contributed by atoms with Crippen molar-refractivity contribution < 1.29 is 4.79 Å². The Morgan fingerprint density at radius 3 is 2.94 bits per heavy atom. The van der Waals surface area contributed by atoms with Crippen molar-refractivity contribution in [2.75, 3.05) is 5.32 Å². The Balaban J connectivity index is 1.66. The summed E-state index contributed by atoms with van der Waals surface area (Å²) in [7, 11) is 0. The highest BCUT2D eigenvalue weighted by Crippen LogP contribution is 2.35. The first-order chi connectivity index (χ1) is 14.9. The molecule has 0 fully saturated rings. The van der Waals surface area contributed by atoms with Crippen LogP contribution in [-0.4, -0.2) is 20.7 Å². The maximum Gasteiger partial charge on any atom is 0.263 e. The lowest BCUT2D eigenvalue weighted by molar-refractivity contribution is -0.115. The van der Waals surface area contributed by atoms with Crippen molar-refractivity contribution in [3.05, 3.63) is 61.7 Å². The number of thiophene rings is 1. The van der Waals surface area contributed by atoms with E-state index in [4.69, 9.17) is 28.2 Å². The second kappa shape index (κ2) is 9.36. The van der Waals surface area contributed by atoms with Gasteiger partial charge in [-0.15, -0.1) is 17.9 Å². The summed E-state index contributed by atoms with van der Waals surface area (Å²) in [6.45, 7) is 5.89. The normalized spacial score (nSPS) is 14.3. The van der Waals surface area contributed by atoms with E-state index in [-0.39, 0.29) is 11.5 Å². The molecule has 1 aliphatic rings. The Bertz CT molecular complexity index is 1240. The van der Waals surface area contributed by atoms with Gasteiger partial charge >= 0.3 is 0 Å². The zero-order chi connectivity index (χ0) is 22.1. The minimum absolute atomic E-state index is 0.0581. The van der Waals surface area contributed by atoms with E-state index in [9.17, 15) is 9.59 Å². The number of halogens is 2. The van der Waals surface area contributed by atoms with E-state index < -0.39 is 5.25 Å². The third-order valence-corrected chi connectivity index (χ3v) is 8.31. The second-order valence-corrected chi connectivity index (χ2v) is 10.5. The average Bonchev–Trinajstić information content (AvgIpc) is 3.12. The number of nitrogens with zero attached hydrogens (tertiary/aromatic N) is 2. The van der Waals surface area contributed by atoms with Crippen LogP contribution in [0, 0.1) is 0 Å². The molecule has 31 heavy (non-hydrogen) atoms. The Kier molecular flexibility index (Phi) is 6.77. The molecule has 5 nitrogen and oxygen atoms in total. The van der Waals surface area contributed by atoms with Crippen molar-refractivity contribution in [2.45, 2.75) is 49.6 Å². The number of aryl methyl sites for hydroxylation is 2. The van der Waals surface area contributed by atoms with Crippen LogP contribution in [-0.2, 0) is 24.2 Å². The minimum atomic E-state index is -0.509. The van der Waals surface area contributed by atoms with E-state index in [2.05, 4.69) is 11.9 Å². The van der Waals surface area contributed by atoms with Gasteiger partial charge in [-0.05, 0) is 50.3 Å². The number of carbonyl (C=O) groups excluding carboxylic acids is 1. The van der Waals surface area contributed by atoms with Gasteiger partial charge in [0, 0.05) is 11.4 Å². The van der Waals surface area contributed by atoms with Gasteiger partial charge in [0.2, 0.25) is 5.91 Å². The number of benzene rings is 1. The molecule has 3 aromatic rings. The molecule has 0 saturated carbocycles. The number of anilines is 1. The van der Waals surface area contributed by atoms with Gasteiger partial charge < -0.3 is 5.32 Å². The summed E-state index contributed by atoms with van der Waals surface area (Å²) >= 11 is 15.1. The Hall–Kier alpha value is -1.80. The van der Waals surface area contributed by atoms with E-state index in [1.54, 1.807) is 47.1 Å².